The normalized spacial score (nSPS) is 27.2. The van der Waals surface area contributed by atoms with Crippen LogP contribution in [0.25, 0.3) is 0 Å². The van der Waals surface area contributed by atoms with E-state index in [-0.39, 0.29) is 23.7 Å². The average Bonchev–Trinajstić information content (AvgIpc) is 2.13. The maximum atomic E-state index is 11.7. The Morgan fingerprint density at radius 1 is 1.35 bits per heavy atom. The molecule has 0 aliphatic heterocycles. The second kappa shape index (κ2) is 5.06. The minimum atomic E-state index is -3.45. The topological polar surface area (TPSA) is 60.4 Å². The molecule has 4 nitrogen and oxygen atoms in total. The molecule has 1 rings (SSSR count). The van der Waals surface area contributed by atoms with Crippen molar-refractivity contribution in [3.8, 4) is 0 Å². The molecule has 0 saturated heterocycles. The molecule has 2 atom stereocenters. The lowest BCUT2D eigenvalue weighted by atomic mass is 9.69. The molecule has 2 unspecified atom stereocenters. The van der Waals surface area contributed by atoms with Crippen LogP contribution < -0.4 is 0 Å². The molecule has 0 radical (unpaired) electrons. The van der Waals surface area contributed by atoms with Crippen LogP contribution in [0.3, 0.4) is 0 Å². The van der Waals surface area contributed by atoms with Gasteiger partial charge in [-0.1, -0.05) is 20.8 Å². The molecule has 0 aromatic heterocycles. The van der Waals surface area contributed by atoms with Gasteiger partial charge in [-0.2, -0.15) is 8.42 Å². The lowest BCUT2D eigenvalue weighted by Crippen LogP contribution is -2.34. The van der Waals surface area contributed by atoms with Crippen LogP contribution in [-0.4, -0.2) is 27.1 Å². The van der Waals surface area contributed by atoms with E-state index in [0.717, 1.165) is 19.1 Å². The lowest BCUT2D eigenvalue weighted by Gasteiger charge is -2.36. The summed E-state index contributed by atoms with van der Waals surface area (Å²) in [6, 6.07) is 0. The van der Waals surface area contributed by atoms with Crippen molar-refractivity contribution in [1.82, 2.24) is 0 Å². The maximum Gasteiger partial charge on any atom is 0.264 e. The number of ketones is 1. The van der Waals surface area contributed by atoms with Crippen molar-refractivity contribution in [2.24, 2.45) is 17.3 Å². The van der Waals surface area contributed by atoms with Gasteiger partial charge in [-0.25, -0.2) is 0 Å². The summed E-state index contributed by atoms with van der Waals surface area (Å²) in [5, 5.41) is 0. The Bertz CT molecular complexity index is 378. The van der Waals surface area contributed by atoms with Gasteiger partial charge < -0.3 is 0 Å². The fourth-order valence-electron chi connectivity index (χ4n) is 2.27. The summed E-state index contributed by atoms with van der Waals surface area (Å²) in [5.41, 5.74) is 0.157. The molecular formula is C12H22O4S. The quantitative estimate of drug-likeness (QED) is 0.730. The first-order valence-corrected chi connectivity index (χ1v) is 7.78. The van der Waals surface area contributed by atoms with E-state index >= 15 is 0 Å². The van der Waals surface area contributed by atoms with Crippen molar-refractivity contribution in [3.05, 3.63) is 0 Å². The van der Waals surface area contributed by atoms with Gasteiger partial charge in [0.25, 0.3) is 10.1 Å². The van der Waals surface area contributed by atoms with E-state index in [4.69, 9.17) is 4.18 Å². The molecule has 100 valence electrons. The maximum absolute atomic E-state index is 11.7. The van der Waals surface area contributed by atoms with Crippen LogP contribution in [0.2, 0.25) is 0 Å². The Kier molecular flexibility index (Phi) is 4.36. The molecule has 0 amide bonds. The SMILES string of the molecule is CC(C)(C)C1CCC(=O)C(COS(C)(=O)=O)C1. The third-order valence-electron chi connectivity index (χ3n) is 3.47. The van der Waals surface area contributed by atoms with Crippen molar-refractivity contribution < 1.29 is 17.4 Å². The van der Waals surface area contributed by atoms with Gasteiger partial charge in [0.15, 0.2) is 0 Å². The average molecular weight is 262 g/mol. The van der Waals surface area contributed by atoms with Crippen molar-refractivity contribution >= 4 is 15.9 Å². The smallest absolute Gasteiger partial charge is 0.264 e. The molecule has 1 aliphatic carbocycles. The molecule has 0 N–H and O–H groups in total. The van der Waals surface area contributed by atoms with E-state index < -0.39 is 10.1 Å². The summed E-state index contributed by atoms with van der Waals surface area (Å²) < 4.78 is 26.6. The fourth-order valence-corrected chi connectivity index (χ4v) is 2.68. The van der Waals surface area contributed by atoms with Crippen LogP contribution in [0, 0.1) is 17.3 Å². The zero-order valence-corrected chi connectivity index (χ0v) is 11.8. The first kappa shape index (κ1) is 14.6. The highest BCUT2D eigenvalue weighted by atomic mass is 32.2. The summed E-state index contributed by atoms with van der Waals surface area (Å²) in [6.45, 7) is 6.47. The van der Waals surface area contributed by atoms with Crippen LogP contribution in [0.15, 0.2) is 0 Å². The zero-order chi connectivity index (χ0) is 13.3. The molecule has 1 aliphatic rings. The second-order valence-corrected chi connectivity index (χ2v) is 7.63. The van der Waals surface area contributed by atoms with E-state index in [9.17, 15) is 13.2 Å². The number of Topliss-reactive ketones (excluding diaryl/α,β-unsaturated/α-hetero) is 1. The van der Waals surface area contributed by atoms with Crippen LogP contribution in [0.5, 0.6) is 0 Å². The first-order valence-electron chi connectivity index (χ1n) is 5.96. The summed E-state index contributed by atoms with van der Waals surface area (Å²) in [4.78, 5) is 11.7. The summed E-state index contributed by atoms with van der Waals surface area (Å²) in [6.07, 6.45) is 3.19. The Balaban J connectivity index is 2.61. The molecule has 17 heavy (non-hydrogen) atoms. The molecule has 0 bridgehead atoms. The highest BCUT2D eigenvalue weighted by Gasteiger charge is 2.35. The van der Waals surface area contributed by atoms with Gasteiger partial charge in [0.1, 0.15) is 5.78 Å². The summed E-state index contributed by atoms with van der Waals surface area (Å²) in [7, 11) is -3.45. The van der Waals surface area contributed by atoms with Gasteiger partial charge in [0, 0.05) is 12.3 Å². The first-order chi connectivity index (χ1) is 7.59. The van der Waals surface area contributed by atoms with E-state index in [1.807, 2.05) is 0 Å². The standard InChI is InChI=1S/C12H22O4S/c1-12(2,3)10-5-6-11(13)9(7-10)8-16-17(4,14)15/h9-10H,5-8H2,1-4H3. The number of carbonyl (C=O) groups excluding carboxylic acids is 1. The van der Waals surface area contributed by atoms with E-state index in [1.54, 1.807) is 0 Å². The van der Waals surface area contributed by atoms with Crippen molar-refractivity contribution in [1.29, 1.82) is 0 Å². The molecule has 1 saturated carbocycles. The minimum Gasteiger partial charge on any atom is -0.299 e. The van der Waals surface area contributed by atoms with Gasteiger partial charge in [-0.3, -0.25) is 8.98 Å². The number of hydrogen-bond donors (Lipinski definition) is 0. The Hall–Kier alpha value is -0.420. The summed E-state index contributed by atoms with van der Waals surface area (Å²) >= 11 is 0. The van der Waals surface area contributed by atoms with Gasteiger partial charge in [0.2, 0.25) is 0 Å². The van der Waals surface area contributed by atoms with Crippen molar-refractivity contribution in [2.45, 2.75) is 40.0 Å². The predicted molar refractivity (Wildman–Crippen MR) is 66.1 cm³/mol. The second-order valence-electron chi connectivity index (χ2n) is 5.99. The fraction of sp³-hybridized carbons (Fsp3) is 0.917. The van der Waals surface area contributed by atoms with Gasteiger partial charge >= 0.3 is 0 Å². The molecular weight excluding hydrogens is 240 g/mol. The molecule has 5 heteroatoms. The number of hydrogen-bond acceptors (Lipinski definition) is 4. The third-order valence-corrected chi connectivity index (χ3v) is 4.04. The monoisotopic (exact) mass is 262 g/mol. The van der Waals surface area contributed by atoms with Crippen molar-refractivity contribution in [2.75, 3.05) is 12.9 Å². The van der Waals surface area contributed by atoms with Crippen LogP contribution in [0.1, 0.15) is 40.0 Å². The highest BCUT2D eigenvalue weighted by molar-refractivity contribution is 7.85. The molecule has 1 fully saturated rings. The van der Waals surface area contributed by atoms with E-state index in [1.165, 1.54) is 0 Å². The number of carbonyl (C=O) groups is 1. The Morgan fingerprint density at radius 3 is 2.41 bits per heavy atom. The van der Waals surface area contributed by atoms with Crippen LogP contribution in [-0.2, 0) is 19.1 Å². The molecule has 0 aromatic rings. The largest absolute Gasteiger partial charge is 0.299 e. The molecule has 0 heterocycles. The minimum absolute atomic E-state index is 0.00421. The third kappa shape index (κ3) is 4.76. The predicted octanol–water partition coefficient (Wildman–Crippen LogP) is 1.99. The zero-order valence-electron chi connectivity index (χ0n) is 11.0. The van der Waals surface area contributed by atoms with E-state index in [2.05, 4.69) is 20.8 Å². The van der Waals surface area contributed by atoms with Crippen LogP contribution >= 0.6 is 0 Å². The molecule has 0 aromatic carbocycles. The van der Waals surface area contributed by atoms with Gasteiger partial charge in [0.05, 0.1) is 12.9 Å². The molecule has 0 spiro atoms. The highest BCUT2D eigenvalue weighted by Crippen LogP contribution is 2.39. The van der Waals surface area contributed by atoms with Gasteiger partial charge in [-0.15, -0.1) is 0 Å². The van der Waals surface area contributed by atoms with Crippen molar-refractivity contribution in [3.63, 3.8) is 0 Å². The number of rotatable bonds is 3. The Morgan fingerprint density at radius 2 is 1.94 bits per heavy atom. The van der Waals surface area contributed by atoms with Gasteiger partial charge in [-0.05, 0) is 24.2 Å². The van der Waals surface area contributed by atoms with E-state index in [0.29, 0.717) is 12.3 Å². The Labute approximate surface area is 104 Å². The van der Waals surface area contributed by atoms with Crippen LogP contribution in [0.4, 0.5) is 0 Å². The summed E-state index contributed by atoms with van der Waals surface area (Å²) in [5.74, 6) is 0.324. The lowest BCUT2D eigenvalue weighted by molar-refractivity contribution is -0.127.